The molecule has 2 aromatic rings. The summed E-state index contributed by atoms with van der Waals surface area (Å²) in [5.41, 5.74) is 3.86. The third-order valence-corrected chi connectivity index (χ3v) is 3.46. The van der Waals surface area contributed by atoms with E-state index in [0.29, 0.717) is 23.0 Å². The van der Waals surface area contributed by atoms with Crippen molar-refractivity contribution >= 4 is 28.7 Å². The van der Waals surface area contributed by atoms with Crippen LogP contribution in [0.1, 0.15) is 23.7 Å². The Hall–Kier alpha value is -2.79. The fourth-order valence-electron chi connectivity index (χ4n) is 1.67. The largest absolute Gasteiger partial charge is 0.466 e. The molecule has 0 aliphatic rings. The van der Waals surface area contributed by atoms with E-state index in [1.54, 1.807) is 18.4 Å². The molecule has 2 rings (SSSR count). The molecule has 0 radical (unpaired) electrons. The minimum Gasteiger partial charge on any atom is -0.466 e. The van der Waals surface area contributed by atoms with Crippen LogP contribution in [0, 0.1) is 17.1 Å². The molecule has 0 saturated heterocycles. The van der Waals surface area contributed by atoms with Crippen molar-refractivity contribution in [1.82, 2.24) is 4.98 Å². The number of carbonyl (C=O) groups is 1. The van der Waals surface area contributed by atoms with Crippen molar-refractivity contribution in [3.63, 3.8) is 0 Å². The lowest BCUT2D eigenvalue weighted by Crippen LogP contribution is -2.07. The number of hydrogen-bond donors (Lipinski definition) is 1. The van der Waals surface area contributed by atoms with Crippen molar-refractivity contribution in [2.75, 3.05) is 12.0 Å². The van der Waals surface area contributed by atoms with Crippen molar-refractivity contribution in [3.05, 3.63) is 46.2 Å². The van der Waals surface area contributed by atoms with Crippen LogP contribution in [-0.2, 0) is 16.0 Å². The number of anilines is 1. The normalized spacial score (nSPS) is 10.5. The third kappa shape index (κ3) is 4.86. The molecule has 8 heteroatoms. The van der Waals surface area contributed by atoms with Gasteiger partial charge in [-0.3, -0.25) is 10.2 Å². The number of hydrogen-bond acceptors (Lipinski definition) is 7. The smallest absolute Gasteiger partial charge is 0.311 e. The van der Waals surface area contributed by atoms with E-state index in [4.69, 9.17) is 10.00 Å². The van der Waals surface area contributed by atoms with E-state index in [0.717, 1.165) is 0 Å². The molecule has 0 unspecified atom stereocenters. The summed E-state index contributed by atoms with van der Waals surface area (Å²) >= 11 is 1.30. The van der Waals surface area contributed by atoms with Gasteiger partial charge in [0.15, 0.2) is 0 Å². The predicted octanol–water partition coefficient (Wildman–Crippen LogP) is 2.71. The van der Waals surface area contributed by atoms with Gasteiger partial charge in [0.2, 0.25) is 5.13 Å². The third-order valence-electron chi connectivity index (χ3n) is 2.67. The number of nitriles is 1. The number of hydrazone groups is 1. The highest BCUT2D eigenvalue weighted by Crippen LogP contribution is 2.16. The number of nitrogens with one attached hydrogen (secondary N) is 1. The molecule has 0 spiro atoms. The molecular formula is C15H13FN4O2S. The van der Waals surface area contributed by atoms with Crippen molar-refractivity contribution in [2.24, 2.45) is 5.10 Å². The molecule has 6 nitrogen and oxygen atoms in total. The number of rotatable bonds is 6. The van der Waals surface area contributed by atoms with Crippen LogP contribution in [0.25, 0.3) is 0 Å². The molecule has 0 fully saturated rings. The Morgan fingerprint density at radius 2 is 2.43 bits per heavy atom. The van der Waals surface area contributed by atoms with E-state index >= 15 is 0 Å². The summed E-state index contributed by atoms with van der Waals surface area (Å²) in [5, 5.41) is 15.0. The molecule has 1 aromatic carbocycles. The minimum absolute atomic E-state index is 0.0417. The number of aromatic nitrogens is 1. The number of halogens is 1. The van der Waals surface area contributed by atoms with Crippen LogP contribution in [0.4, 0.5) is 9.52 Å². The fraction of sp³-hybridized carbons (Fsp3) is 0.200. The van der Waals surface area contributed by atoms with Crippen molar-refractivity contribution in [3.8, 4) is 6.07 Å². The molecule has 0 aliphatic heterocycles. The average molecular weight is 332 g/mol. The summed E-state index contributed by atoms with van der Waals surface area (Å²) < 4.78 is 18.0. The van der Waals surface area contributed by atoms with E-state index < -0.39 is 5.82 Å². The number of nitrogens with zero attached hydrogens (tertiary/aromatic N) is 3. The van der Waals surface area contributed by atoms with Crippen LogP contribution in [0.3, 0.4) is 0 Å². The zero-order chi connectivity index (χ0) is 16.7. The molecule has 118 valence electrons. The van der Waals surface area contributed by atoms with Gasteiger partial charge in [-0.2, -0.15) is 10.4 Å². The zero-order valence-electron chi connectivity index (χ0n) is 12.2. The highest BCUT2D eigenvalue weighted by molar-refractivity contribution is 7.13. The highest BCUT2D eigenvalue weighted by Gasteiger charge is 2.08. The minimum atomic E-state index is -0.568. The first-order valence-corrected chi connectivity index (χ1v) is 7.59. The van der Waals surface area contributed by atoms with Crippen molar-refractivity contribution in [2.45, 2.75) is 13.3 Å². The van der Waals surface area contributed by atoms with E-state index in [-0.39, 0.29) is 18.0 Å². The van der Waals surface area contributed by atoms with Gasteiger partial charge in [-0.15, -0.1) is 11.3 Å². The van der Waals surface area contributed by atoms with Crippen LogP contribution >= 0.6 is 11.3 Å². The summed E-state index contributed by atoms with van der Waals surface area (Å²) in [6.07, 6.45) is 1.56. The van der Waals surface area contributed by atoms with Gasteiger partial charge in [0.1, 0.15) is 11.9 Å². The first-order valence-electron chi connectivity index (χ1n) is 6.71. The van der Waals surface area contributed by atoms with Gasteiger partial charge in [0.25, 0.3) is 0 Å². The molecule has 1 heterocycles. The van der Waals surface area contributed by atoms with Gasteiger partial charge in [0, 0.05) is 5.38 Å². The van der Waals surface area contributed by atoms with Gasteiger partial charge in [-0.05, 0) is 24.6 Å². The first kappa shape index (κ1) is 16.6. The molecule has 0 atom stereocenters. The summed E-state index contributed by atoms with van der Waals surface area (Å²) in [7, 11) is 0. The molecule has 1 aromatic heterocycles. The van der Waals surface area contributed by atoms with Crippen LogP contribution in [0.5, 0.6) is 0 Å². The van der Waals surface area contributed by atoms with Gasteiger partial charge < -0.3 is 4.74 Å². The monoisotopic (exact) mass is 332 g/mol. The predicted molar refractivity (Wildman–Crippen MR) is 84.8 cm³/mol. The van der Waals surface area contributed by atoms with E-state index in [9.17, 15) is 9.18 Å². The van der Waals surface area contributed by atoms with Crippen LogP contribution in [0.15, 0.2) is 28.7 Å². The maximum atomic E-state index is 13.2. The Balaban J connectivity index is 1.95. The number of esters is 1. The number of thiazole rings is 1. The lowest BCUT2D eigenvalue weighted by atomic mass is 10.1. The molecule has 23 heavy (non-hydrogen) atoms. The molecule has 0 amide bonds. The Bertz CT molecular complexity index is 767. The Morgan fingerprint density at radius 3 is 3.17 bits per heavy atom. The number of ether oxygens (including phenoxy) is 1. The van der Waals surface area contributed by atoms with E-state index in [1.165, 1.54) is 35.8 Å². The Labute approximate surface area is 136 Å². The van der Waals surface area contributed by atoms with E-state index in [1.807, 2.05) is 0 Å². The second-order valence-electron chi connectivity index (χ2n) is 4.35. The standard InChI is InChI=1S/C15H13FN4O2S/c1-2-22-14(21)6-12-9-23-15(19-12)20-18-8-10-3-4-13(16)11(5-10)7-17/h3-5,8-9H,2,6H2,1H3,(H,19,20). The highest BCUT2D eigenvalue weighted by atomic mass is 32.1. The molecule has 0 aliphatic carbocycles. The molecule has 0 saturated carbocycles. The molecular weight excluding hydrogens is 319 g/mol. The van der Waals surface area contributed by atoms with Crippen molar-refractivity contribution < 1.29 is 13.9 Å². The van der Waals surface area contributed by atoms with Crippen LogP contribution < -0.4 is 5.43 Å². The van der Waals surface area contributed by atoms with Crippen LogP contribution in [-0.4, -0.2) is 23.8 Å². The van der Waals surface area contributed by atoms with Gasteiger partial charge in [0.05, 0.1) is 30.5 Å². The maximum absolute atomic E-state index is 13.2. The number of benzene rings is 1. The van der Waals surface area contributed by atoms with Gasteiger partial charge in [-0.1, -0.05) is 6.07 Å². The SMILES string of the molecule is CCOC(=O)Cc1csc(NN=Cc2ccc(F)c(C#N)c2)n1. The summed E-state index contributed by atoms with van der Waals surface area (Å²) in [6, 6.07) is 5.88. The average Bonchev–Trinajstić information content (AvgIpc) is 2.96. The van der Waals surface area contributed by atoms with Gasteiger partial charge in [-0.25, -0.2) is 9.37 Å². The lowest BCUT2D eigenvalue weighted by Gasteiger charge is -1.98. The van der Waals surface area contributed by atoms with Gasteiger partial charge >= 0.3 is 5.97 Å². The molecule has 0 bridgehead atoms. The quantitative estimate of drug-likeness (QED) is 0.499. The zero-order valence-corrected chi connectivity index (χ0v) is 13.1. The number of carbonyl (C=O) groups excluding carboxylic acids is 1. The first-order chi connectivity index (χ1) is 11.1. The fourth-order valence-corrected chi connectivity index (χ4v) is 2.33. The summed E-state index contributed by atoms with van der Waals surface area (Å²) in [5.74, 6) is -0.899. The van der Waals surface area contributed by atoms with Crippen molar-refractivity contribution in [1.29, 1.82) is 5.26 Å². The summed E-state index contributed by atoms with van der Waals surface area (Å²) in [4.78, 5) is 15.5. The second kappa shape index (κ2) is 8.00. The Kier molecular flexibility index (Phi) is 5.77. The van der Waals surface area contributed by atoms with Crippen LogP contribution in [0.2, 0.25) is 0 Å². The lowest BCUT2D eigenvalue weighted by molar-refractivity contribution is -0.142. The second-order valence-corrected chi connectivity index (χ2v) is 5.20. The Morgan fingerprint density at radius 1 is 1.61 bits per heavy atom. The van der Waals surface area contributed by atoms with E-state index in [2.05, 4.69) is 15.5 Å². The maximum Gasteiger partial charge on any atom is 0.311 e. The topological polar surface area (TPSA) is 87.4 Å². The molecule has 1 N–H and O–H groups in total. The summed E-state index contributed by atoms with van der Waals surface area (Å²) in [6.45, 7) is 2.08.